The van der Waals surface area contributed by atoms with Crippen LogP contribution in [0.5, 0.6) is 11.6 Å². The lowest BCUT2D eigenvalue weighted by atomic mass is 10.1. The van der Waals surface area contributed by atoms with Gasteiger partial charge in [-0.3, -0.25) is 4.79 Å². The molecule has 0 bridgehead atoms. The second-order valence-corrected chi connectivity index (χ2v) is 5.69. The molecule has 1 aliphatic rings. The molecule has 2 heterocycles. The van der Waals surface area contributed by atoms with Crippen LogP contribution in [0.25, 0.3) is 0 Å². The summed E-state index contributed by atoms with van der Waals surface area (Å²) in [4.78, 5) is 15.9. The van der Waals surface area contributed by atoms with Gasteiger partial charge >= 0.3 is 0 Å². The molecule has 2 N–H and O–H groups in total. The molecular weight excluding hydrogens is 325 g/mol. The molecule has 0 aliphatic carbocycles. The predicted molar refractivity (Wildman–Crippen MR) is 85.8 cm³/mol. The summed E-state index contributed by atoms with van der Waals surface area (Å²) in [6.07, 6.45) is 2.34. The third-order valence-corrected chi connectivity index (χ3v) is 3.77. The Labute approximate surface area is 137 Å². The summed E-state index contributed by atoms with van der Waals surface area (Å²) in [5.74, 6) is 0.786. The second-order valence-electron chi connectivity index (χ2n) is 4.85. The molecule has 1 atom stereocenters. The van der Waals surface area contributed by atoms with Gasteiger partial charge in [-0.05, 0) is 37.2 Å². The standard InChI is InChI=1S/C15H13Cl2N3O2/c16-9-1-4-14(19-8-9)22-13-3-2-10(7-11(13)17)20-15(21)12-5-6-18-12/h1-4,7-8,12,18H,5-6H2,(H,20,21). The molecular formula is C15H13Cl2N3O2. The molecule has 114 valence electrons. The number of nitrogens with zero attached hydrogens (tertiary/aromatic N) is 1. The van der Waals surface area contributed by atoms with Gasteiger partial charge in [-0.1, -0.05) is 23.2 Å². The van der Waals surface area contributed by atoms with E-state index in [1.165, 1.54) is 6.20 Å². The van der Waals surface area contributed by atoms with Gasteiger partial charge in [-0.15, -0.1) is 0 Å². The van der Waals surface area contributed by atoms with Crippen LogP contribution in [-0.2, 0) is 4.79 Å². The van der Waals surface area contributed by atoms with Crippen LogP contribution in [0.3, 0.4) is 0 Å². The van der Waals surface area contributed by atoms with Gasteiger partial charge in [0.2, 0.25) is 11.8 Å². The molecule has 1 aromatic carbocycles. The van der Waals surface area contributed by atoms with Crippen LogP contribution < -0.4 is 15.4 Å². The molecule has 0 spiro atoms. The number of hydrogen-bond donors (Lipinski definition) is 2. The maximum Gasteiger partial charge on any atom is 0.241 e. The maximum absolute atomic E-state index is 11.8. The first-order valence-electron chi connectivity index (χ1n) is 6.75. The highest BCUT2D eigenvalue weighted by Gasteiger charge is 2.24. The number of carbonyl (C=O) groups is 1. The quantitative estimate of drug-likeness (QED) is 0.896. The van der Waals surface area contributed by atoms with Crippen LogP contribution in [0, 0.1) is 0 Å². The summed E-state index contributed by atoms with van der Waals surface area (Å²) >= 11 is 11.9. The Kier molecular flexibility index (Phi) is 4.47. The van der Waals surface area contributed by atoms with Gasteiger partial charge in [0.05, 0.1) is 16.1 Å². The highest BCUT2D eigenvalue weighted by Crippen LogP contribution is 2.31. The minimum Gasteiger partial charge on any atom is -0.437 e. The van der Waals surface area contributed by atoms with Crippen LogP contribution in [0.4, 0.5) is 5.69 Å². The van der Waals surface area contributed by atoms with Crippen molar-refractivity contribution in [1.82, 2.24) is 10.3 Å². The highest BCUT2D eigenvalue weighted by molar-refractivity contribution is 6.32. The maximum atomic E-state index is 11.8. The predicted octanol–water partition coefficient (Wildman–Crippen LogP) is 3.48. The number of rotatable bonds is 4. The number of carbonyl (C=O) groups excluding carboxylic acids is 1. The van der Waals surface area contributed by atoms with E-state index in [9.17, 15) is 4.79 Å². The zero-order chi connectivity index (χ0) is 15.5. The van der Waals surface area contributed by atoms with Crippen molar-refractivity contribution in [3.63, 3.8) is 0 Å². The minimum atomic E-state index is -0.118. The van der Waals surface area contributed by atoms with Crippen LogP contribution in [0.1, 0.15) is 6.42 Å². The first kappa shape index (κ1) is 15.1. The Balaban J connectivity index is 1.68. The molecule has 1 unspecified atom stereocenters. The number of halogens is 2. The lowest BCUT2D eigenvalue weighted by Crippen LogP contribution is -2.50. The highest BCUT2D eigenvalue weighted by atomic mass is 35.5. The monoisotopic (exact) mass is 337 g/mol. The fourth-order valence-corrected chi connectivity index (χ4v) is 2.27. The number of amides is 1. The van der Waals surface area contributed by atoms with E-state index in [0.29, 0.717) is 27.4 Å². The minimum absolute atomic E-state index is 0.0599. The summed E-state index contributed by atoms with van der Waals surface area (Å²) in [6, 6.07) is 8.27. The Hall–Kier alpha value is -1.82. The molecule has 0 saturated carbocycles. The molecule has 1 aromatic heterocycles. The fraction of sp³-hybridized carbons (Fsp3) is 0.200. The lowest BCUT2D eigenvalue weighted by molar-refractivity contribution is -0.119. The van der Waals surface area contributed by atoms with Gasteiger partial charge in [-0.25, -0.2) is 4.98 Å². The summed E-state index contributed by atoms with van der Waals surface area (Å²) in [5.41, 5.74) is 0.625. The van der Waals surface area contributed by atoms with Crippen LogP contribution in [0.2, 0.25) is 10.0 Å². The zero-order valence-corrected chi connectivity index (χ0v) is 13.0. The van der Waals surface area contributed by atoms with E-state index < -0.39 is 0 Å². The van der Waals surface area contributed by atoms with E-state index in [1.54, 1.807) is 30.3 Å². The number of ether oxygens (including phenoxy) is 1. The van der Waals surface area contributed by atoms with Crippen molar-refractivity contribution < 1.29 is 9.53 Å². The Bertz CT molecular complexity index is 688. The van der Waals surface area contributed by atoms with E-state index >= 15 is 0 Å². The molecule has 7 heteroatoms. The van der Waals surface area contributed by atoms with Gasteiger partial charge < -0.3 is 15.4 Å². The number of hydrogen-bond acceptors (Lipinski definition) is 4. The average molecular weight is 338 g/mol. The number of aromatic nitrogens is 1. The number of nitrogens with one attached hydrogen (secondary N) is 2. The third-order valence-electron chi connectivity index (χ3n) is 3.25. The molecule has 3 rings (SSSR count). The number of anilines is 1. The third kappa shape index (κ3) is 3.50. The summed E-state index contributed by atoms with van der Waals surface area (Å²) < 4.78 is 5.58. The summed E-state index contributed by atoms with van der Waals surface area (Å²) in [5, 5.41) is 6.76. The van der Waals surface area contributed by atoms with Gasteiger partial charge in [-0.2, -0.15) is 0 Å². The van der Waals surface area contributed by atoms with Crippen molar-refractivity contribution in [3.05, 3.63) is 46.6 Å². The van der Waals surface area contributed by atoms with Crippen LogP contribution in [-0.4, -0.2) is 23.5 Å². The van der Waals surface area contributed by atoms with E-state index in [2.05, 4.69) is 15.6 Å². The molecule has 2 aromatic rings. The SMILES string of the molecule is O=C(Nc1ccc(Oc2ccc(Cl)cn2)c(Cl)c1)C1CCN1. The summed E-state index contributed by atoms with van der Waals surface area (Å²) in [6.45, 7) is 0.875. The first-order valence-corrected chi connectivity index (χ1v) is 7.50. The van der Waals surface area contributed by atoms with Crippen molar-refractivity contribution in [3.8, 4) is 11.6 Å². The molecule has 1 amide bonds. The van der Waals surface area contributed by atoms with Gasteiger partial charge in [0.1, 0.15) is 5.75 Å². The molecule has 1 saturated heterocycles. The molecule has 1 aliphatic heterocycles. The lowest BCUT2D eigenvalue weighted by Gasteiger charge is -2.26. The Morgan fingerprint density at radius 3 is 2.73 bits per heavy atom. The van der Waals surface area contributed by atoms with Crippen LogP contribution >= 0.6 is 23.2 Å². The van der Waals surface area contributed by atoms with Crippen molar-refractivity contribution in [2.24, 2.45) is 0 Å². The van der Waals surface area contributed by atoms with Gasteiger partial charge in [0, 0.05) is 18.0 Å². The second kappa shape index (κ2) is 6.52. The largest absolute Gasteiger partial charge is 0.437 e. The zero-order valence-electron chi connectivity index (χ0n) is 11.5. The Morgan fingerprint density at radius 2 is 2.14 bits per heavy atom. The Morgan fingerprint density at radius 1 is 1.32 bits per heavy atom. The average Bonchev–Trinajstić information content (AvgIpc) is 2.42. The topological polar surface area (TPSA) is 63.2 Å². The molecule has 22 heavy (non-hydrogen) atoms. The van der Waals surface area contributed by atoms with E-state index in [4.69, 9.17) is 27.9 Å². The smallest absolute Gasteiger partial charge is 0.241 e. The van der Waals surface area contributed by atoms with Crippen molar-refractivity contribution in [1.29, 1.82) is 0 Å². The van der Waals surface area contributed by atoms with Crippen molar-refractivity contribution in [2.75, 3.05) is 11.9 Å². The fourth-order valence-electron chi connectivity index (χ4n) is 1.94. The van der Waals surface area contributed by atoms with Gasteiger partial charge in [0.15, 0.2) is 0 Å². The molecule has 1 fully saturated rings. The molecule has 0 radical (unpaired) electrons. The molecule has 5 nitrogen and oxygen atoms in total. The number of pyridine rings is 1. The van der Waals surface area contributed by atoms with Crippen molar-refractivity contribution in [2.45, 2.75) is 12.5 Å². The number of benzene rings is 1. The normalized spacial score (nSPS) is 16.7. The van der Waals surface area contributed by atoms with Gasteiger partial charge in [0.25, 0.3) is 0 Å². The first-order chi connectivity index (χ1) is 10.6. The van der Waals surface area contributed by atoms with E-state index in [0.717, 1.165) is 13.0 Å². The van der Waals surface area contributed by atoms with Crippen molar-refractivity contribution >= 4 is 34.8 Å². The summed E-state index contributed by atoms with van der Waals surface area (Å²) in [7, 11) is 0. The van der Waals surface area contributed by atoms with E-state index in [-0.39, 0.29) is 11.9 Å². The van der Waals surface area contributed by atoms with Crippen LogP contribution in [0.15, 0.2) is 36.5 Å². The van der Waals surface area contributed by atoms with E-state index in [1.807, 2.05) is 0 Å².